The molecule has 1 aromatic rings. The van der Waals surface area contributed by atoms with Gasteiger partial charge in [-0.25, -0.2) is 4.79 Å². The van der Waals surface area contributed by atoms with E-state index < -0.39 is 17.9 Å². The minimum atomic E-state index is -1.11. The number of aromatic nitrogens is 1. The van der Waals surface area contributed by atoms with Crippen molar-refractivity contribution < 1.29 is 14.7 Å². The van der Waals surface area contributed by atoms with E-state index in [1.165, 1.54) is 16.7 Å². The molecule has 19 heavy (non-hydrogen) atoms. The average Bonchev–Trinajstić information content (AvgIpc) is 2.37. The van der Waals surface area contributed by atoms with Crippen LogP contribution in [0.1, 0.15) is 12.8 Å². The van der Waals surface area contributed by atoms with Crippen LogP contribution in [-0.2, 0) is 16.1 Å². The SMILES string of the molecule is C=CCC(NC(=O)CCn1ccccc1=O)C(=O)O. The molecule has 0 spiro atoms. The van der Waals surface area contributed by atoms with E-state index in [0.29, 0.717) is 0 Å². The van der Waals surface area contributed by atoms with Crippen LogP contribution in [0.5, 0.6) is 0 Å². The number of aliphatic carboxylic acids is 1. The van der Waals surface area contributed by atoms with Crippen molar-refractivity contribution in [3.63, 3.8) is 0 Å². The Labute approximate surface area is 110 Å². The van der Waals surface area contributed by atoms with E-state index in [1.807, 2.05) is 0 Å². The second kappa shape index (κ2) is 7.15. The highest BCUT2D eigenvalue weighted by molar-refractivity contribution is 5.83. The number of carboxylic acid groups (broad SMARTS) is 1. The van der Waals surface area contributed by atoms with Crippen molar-refractivity contribution in [2.45, 2.75) is 25.4 Å². The number of carbonyl (C=O) groups is 2. The van der Waals surface area contributed by atoms with Crippen LogP contribution in [0.15, 0.2) is 41.8 Å². The Morgan fingerprint density at radius 2 is 2.21 bits per heavy atom. The van der Waals surface area contributed by atoms with Crippen LogP contribution in [0.2, 0.25) is 0 Å². The Kier molecular flexibility index (Phi) is 5.53. The zero-order valence-corrected chi connectivity index (χ0v) is 10.4. The lowest BCUT2D eigenvalue weighted by Crippen LogP contribution is -2.40. The molecule has 1 amide bonds. The Hall–Kier alpha value is -2.37. The molecule has 0 aliphatic rings. The molecule has 1 aromatic heterocycles. The molecule has 0 saturated carbocycles. The van der Waals surface area contributed by atoms with Crippen molar-refractivity contribution in [2.75, 3.05) is 0 Å². The quantitative estimate of drug-likeness (QED) is 0.697. The van der Waals surface area contributed by atoms with E-state index in [0.717, 1.165) is 0 Å². The highest BCUT2D eigenvalue weighted by atomic mass is 16.4. The second-order valence-corrected chi connectivity index (χ2v) is 3.96. The lowest BCUT2D eigenvalue weighted by atomic mass is 10.2. The molecule has 0 saturated heterocycles. The van der Waals surface area contributed by atoms with Gasteiger partial charge in [0.1, 0.15) is 6.04 Å². The number of amides is 1. The van der Waals surface area contributed by atoms with Gasteiger partial charge in [0.05, 0.1) is 0 Å². The van der Waals surface area contributed by atoms with Gasteiger partial charge in [0.2, 0.25) is 5.91 Å². The first-order chi connectivity index (χ1) is 9.04. The maximum absolute atomic E-state index is 11.6. The van der Waals surface area contributed by atoms with Crippen LogP contribution < -0.4 is 10.9 Å². The molecule has 1 heterocycles. The Bertz CT molecular complexity index is 521. The minimum absolute atomic E-state index is 0.0465. The summed E-state index contributed by atoms with van der Waals surface area (Å²) in [6, 6.07) is 3.73. The lowest BCUT2D eigenvalue weighted by molar-refractivity contribution is -0.141. The number of carbonyl (C=O) groups excluding carboxylic acids is 1. The summed E-state index contributed by atoms with van der Waals surface area (Å²) in [6.07, 6.45) is 3.21. The first kappa shape index (κ1) is 14.7. The van der Waals surface area contributed by atoms with Gasteiger partial charge in [0, 0.05) is 25.2 Å². The molecule has 6 nitrogen and oxygen atoms in total. The number of hydrogen-bond acceptors (Lipinski definition) is 3. The second-order valence-electron chi connectivity index (χ2n) is 3.96. The summed E-state index contributed by atoms with van der Waals surface area (Å²) in [5.41, 5.74) is -0.198. The number of pyridine rings is 1. The Morgan fingerprint density at radius 1 is 1.47 bits per heavy atom. The number of hydrogen-bond donors (Lipinski definition) is 2. The molecule has 6 heteroatoms. The summed E-state index contributed by atoms with van der Waals surface area (Å²) in [5, 5.41) is 11.2. The van der Waals surface area contributed by atoms with Crippen LogP contribution in [0, 0.1) is 0 Å². The maximum atomic E-state index is 11.6. The number of nitrogens with one attached hydrogen (secondary N) is 1. The minimum Gasteiger partial charge on any atom is -0.480 e. The number of nitrogens with zero attached hydrogens (tertiary/aromatic N) is 1. The van der Waals surface area contributed by atoms with Crippen LogP contribution >= 0.6 is 0 Å². The fourth-order valence-electron chi connectivity index (χ4n) is 1.52. The summed E-state index contributed by atoms with van der Waals surface area (Å²) in [7, 11) is 0. The van der Waals surface area contributed by atoms with Gasteiger partial charge < -0.3 is 15.0 Å². The van der Waals surface area contributed by atoms with Gasteiger partial charge in [-0.05, 0) is 12.5 Å². The first-order valence-electron chi connectivity index (χ1n) is 5.83. The van der Waals surface area contributed by atoms with E-state index in [-0.39, 0.29) is 24.9 Å². The molecule has 0 aliphatic carbocycles. The molecule has 0 bridgehead atoms. The molecular formula is C13H16N2O4. The largest absolute Gasteiger partial charge is 0.480 e. The zero-order chi connectivity index (χ0) is 14.3. The summed E-state index contributed by atoms with van der Waals surface area (Å²) in [4.78, 5) is 33.8. The third-order valence-corrected chi connectivity index (χ3v) is 2.51. The number of rotatable bonds is 7. The van der Waals surface area contributed by atoms with Gasteiger partial charge >= 0.3 is 5.97 Å². The smallest absolute Gasteiger partial charge is 0.326 e. The molecule has 1 unspecified atom stereocenters. The van der Waals surface area contributed by atoms with Crippen molar-refractivity contribution in [1.29, 1.82) is 0 Å². The molecule has 2 N–H and O–H groups in total. The molecule has 102 valence electrons. The monoisotopic (exact) mass is 264 g/mol. The maximum Gasteiger partial charge on any atom is 0.326 e. The summed E-state index contributed by atoms with van der Waals surface area (Å²) >= 11 is 0. The van der Waals surface area contributed by atoms with Gasteiger partial charge in [0.15, 0.2) is 0 Å². The first-order valence-corrected chi connectivity index (χ1v) is 5.83. The summed E-state index contributed by atoms with van der Waals surface area (Å²) < 4.78 is 1.39. The molecule has 0 fully saturated rings. The van der Waals surface area contributed by atoms with E-state index in [1.54, 1.807) is 18.3 Å². The predicted molar refractivity (Wildman–Crippen MR) is 69.7 cm³/mol. The van der Waals surface area contributed by atoms with Crippen LogP contribution in [0.3, 0.4) is 0 Å². The average molecular weight is 264 g/mol. The van der Waals surface area contributed by atoms with Crippen molar-refractivity contribution in [2.24, 2.45) is 0 Å². The number of carboxylic acids is 1. The van der Waals surface area contributed by atoms with Gasteiger partial charge in [-0.15, -0.1) is 6.58 Å². The molecular weight excluding hydrogens is 248 g/mol. The van der Waals surface area contributed by atoms with Gasteiger partial charge in [-0.1, -0.05) is 12.1 Å². The fraction of sp³-hybridized carbons (Fsp3) is 0.308. The van der Waals surface area contributed by atoms with E-state index >= 15 is 0 Å². The van der Waals surface area contributed by atoms with Crippen molar-refractivity contribution in [3.05, 3.63) is 47.4 Å². The highest BCUT2D eigenvalue weighted by Crippen LogP contribution is 1.95. The lowest BCUT2D eigenvalue weighted by Gasteiger charge is -2.12. The molecule has 0 aromatic carbocycles. The zero-order valence-electron chi connectivity index (χ0n) is 10.4. The van der Waals surface area contributed by atoms with Crippen LogP contribution in [0.25, 0.3) is 0 Å². The van der Waals surface area contributed by atoms with Gasteiger partial charge in [-0.3, -0.25) is 9.59 Å². The third kappa shape index (κ3) is 4.79. The van der Waals surface area contributed by atoms with Crippen molar-refractivity contribution in [3.8, 4) is 0 Å². The molecule has 0 radical (unpaired) electrons. The van der Waals surface area contributed by atoms with Crippen molar-refractivity contribution >= 4 is 11.9 Å². The Morgan fingerprint density at radius 3 is 2.79 bits per heavy atom. The molecule has 0 aliphatic heterocycles. The van der Waals surface area contributed by atoms with Gasteiger partial charge in [-0.2, -0.15) is 0 Å². The van der Waals surface area contributed by atoms with E-state index in [2.05, 4.69) is 11.9 Å². The Balaban J connectivity index is 2.52. The third-order valence-electron chi connectivity index (χ3n) is 2.51. The molecule has 1 rings (SSSR count). The normalized spacial score (nSPS) is 11.6. The van der Waals surface area contributed by atoms with Crippen LogP contribution in [0.4, 0.5) is 0 Å². The highest BCUT2D eigenvalue weighted by Gasteiger charge is 2.17. The van der Waals surface area contributed by atoms with Crippen molar-refractivity contribution in [1.82, 2.24) is 9.88 Å². The standard InChI is InChI=1S/C13H16N2O4/c1-2-5-10(13(18)19)14-11(16)7-9-15-8-4-3-6-12(15)17/h2-4,6,8,10H,1,5,7,9H2,(H,14,16)(H,18,19). The number of aryl methyl sites for hydroxylation is 1. The summed E-state index contributed by atoms with van der Waals surface area (Å²) in [5.74, 6) is -1.52. The fourth-order valence-corrected chi connectivity index (χ4v) is 1.52. The van der Waals surface area contributed by atoms with Gasteiger partial charge in [0.25, 0.3) is 5.56 Å². The predicted octanol–water partition coefficient (Wildman–Crippen LogP) is 0.384. The van der Waals surface area contributed by atoms with Crippen LogP contribution in [-0.4, -0.2) is 27.6 Å². The summed E-state index contributed by atoms with van der Waals surface area (Å²) in [6.45, 7) is 3.65. The van der Waals surface area contributed by atoms with E-state index in [9.17, 15) is 14.4 Å². The topological polar surface area (TPSA) is 88.4 Å². The molecule has 1 atom stereocenters. The van der Waals surface area contributed by atoms with E-state index in [4.69, 9.17) is 5.11 Å².